The molecule has 0 saturated heterocycles. The van der Waals surface area contributed by atoms with E-state index in [9.17, 15) is 9.59 Å². The highest BCUT2D eigenvalue weighted by molar-refractivity contribution is 5.80. The van der Waals surface area contributed by atoms with Crippen molar-refractivity contribution in [1.29, 1.82) is 0 Å². The highest BCUT2D eigenvalue weighted by Crippen LogP contribution is 2.38. The lowest BCUT2D eigenvalue weighted by molar-refractivity contribution is -0.145. The van der Waals surface area contributed by atoms with Gasteiger partial charge in [-0.15, -0.1) is 0 Å². The van der Waals surface area contributed by atoms with Crippen molar-refractivity contribution in [3.63, 3.8) is 0 Å². The fourth-order valence-electron chi connectivity index (χ4n) is 2.45. The Morgan fingerprint density at radius 2 is 2.06 bits per heavy atom. The topological polar surface area (TPSA) is 43.4 Å². The van der Waals surface area contributed by atoms with E-state index >= 15 is 0 Å². The van der Waals surface area contributed by atoms with Crippen LogP contribution in [0.2, 0.25) is 0 Å². The maximum atomic E-state index is 11.8. The molecule has 0 unspecified atom stereocenters. The number of esters is 1. The largest absolute Gasteiger partial charge is 0.466 e. The molecule has 17 heavy (non-hydrogen) atoms. The van der Waals surface area contributed by atoms with Crippen LogP contribution in [-0.4, -0.2) is 18.9 Å². The van der Waals surface area contributed by atoms with Gasteiger partial charge in [-0.1, -0.05) is 24.3 Å². The number of aldehydes is 1. The zero-order chi connectivity index (χ0) is 12.3. The van der Waals surface area contributed by atoms with Crippen molar-refractivity contribution in [2.45, 2.75) is 31.6 Å². The van der Waals surface area contributed by atoms with E-state index in [1.807, 2.05) is 24.3 Å². The molecule has 0 spiro atoms. The lowest BCUT2D eigenvalue weighted by atomic mass is 9.77. The van der Waals surface area contributed by atoms with Crippen LogP contribution in [0.25, 0.3) is 0 Å². The van der Waals surface area contributed by atoms with Crippen molar-refractivity contribution in [2.75, 3.05) is 6.61 Å². The molecule has 0 heterocycles. The van der Waals surface area contributed by atoms with E-state index in [0.717, 1.165) is 23.8 Å². The van der Waals surface area contributed by atoms with Gasteiger partial charge in [-0.05, 0) is 30.9 Å². The highest BCUT2D eigenvalue weighted by atomic mass is 16.5. The number of fused-ring (bicyclic) bond motifs is 1. The van der Waals surface area contributed by atoms with E-state index in [4.69, 9.17) is 4.74 Å². The van der Waals surface area contributed by atoms with Crippen LogP contribution in [0.5, 0.6) is 0 Å². The van der Waals surface area contributed by atoms with Crippen LogP contribution < -0.4 is 0 Å². The third kappa shape index (κ3) is 2.23. The summed E-state index contributed by atoms with van der Waals surface area (Å²) in [5, 5.41) is 0. The van der Waals surface area contributed by atoms with Gasteiger partial charge in [0, 0.05) is 5.92 Å². The van der Waals surface area contributed by atoms with Crippen molar-refractivity contribution < 1.29 is 14.3 Å². The van der Waals surface area contributed by atoms with Gasteiger partial charge in [0.2, 0.25) is 0 Å². The summed E-state index contributed by atoms with van der Waals surface area (Å²) in [6.07, 6.45) is 2.39. The number of carbonyl (C=O) groups is 2. The van der Waals surface area contributed by atoms with Crippen molar-refractivity contribution in [3.05, 3.63) is 35.4 Å². The summed E-state index contributed by atoms with van der Waals surface area (Å²) in [4.78, 5) is 22.9. The van der Waals surface area contributed by atoms with E-state index in [1.165, 1.54) is 0 Å². The first-order valence-electron chi connectivity index (χ1n) is 5.98. The number of rotatable bonds is 3. The molecule has 1 aliphatic rings. The van der Waals surface area contributed by atoms with Gasteiger partial charge in [0.05, 0.1) is 12.5 Å². The SMILES string of the molecule is CCOC(=O)[C@@H]1CC[C@@H](C=O)c2ccccc21. The zero-order valence-corrected chi connectivity index (χ0v) is 9.89. The van der Waals surface area contributed by atoms with E-state index in [1.54, 1.807) is 6.92 Å². The van der Waals surface area contributed by atoms with E-state index < -0.39 is 0 Å². The third-order valence-corrected chi connectivity index (χ3v) is 3.27. The Morgan fingerprint density at radius 3 is 2.71 bits per heavy atom. The summed E-state index contributed by atoms with van der Waals surface area (Å²) in [6, 6.07) is 7.66. The van der Waals surface area contributed by atoms with Crippen LogP contribution in [0.15, 0.2) is 24.3 Å². The lowest BCUT2D eigenvalue weighted by Gasteiger charge is -2.27. The van der Waals surface area contributed by atoms with Crippen molar-refractivity contribution in [3.8, 4) is 0 Å². The molecule has 0 fully saturated rings. The number of hydrogen-bond donors (Lipinski definition) is 0. The minimum atomic E-state index is -0.206. The van der Waals surface area contributed by atoms with Gasteiger partial charge >= 0.3 is 5.97 Å². The Hall–Kier alpha value is -1.64. The molecular formula is C14H16O3. The summed E-state index contributed by atoms with van der Waals surface area (Å²) in [5.74, 6) is -0.455. The molecule has 1 aliphatic carbocycles. The van der Waals surface area contributed by atoms with Crippen LogP contribution >= 0.6 is 0 Å². The molecule has 3 heteroatoms. The van der Waals surface area contributed by atoms with Gasteiger partial charge in [0.1, 0.15) is 6.29 Å². The molecule has 0 N–H and O–H groups in total. The standard InChI is InChI=1S/C14H16O3/c1-2-17-14(16)13-8-7-10(9-15)11-5-3-4-6-12(11)13/h3-6,9-10,13H,2,7-8H2,1H3/t10-,13+/m0/s1. The Bertz CT molecular complexity index is 425. The predicted octanol–water partition coefficient (Wildman–Crippen LogP) is 2.41. The van der Waals surface area contributed by atoms with Crippen LogP contribution in [0.3, 0.4) is 0 Å². The molecule has 90 valence electrons. The van der Waals surface area contributed by atoms with Gasteiger partial charge in [-0.25, -0.2) is 0 Å². The fourth-order valence-corrected chi connectivity index (χ4v) is 2.45. The van der Waals surface area contributed by atoms with Crippen LogP contribution in [0, 0.1) is 0 Å². The molecule has 2 rings (SSSR count). The molecule has 0 amide bonds. The number of carbonyl (C=O) groups excluding carboxylic acids is 2. The minimum absolute atomic E-state index is 0.0723. The summed E-state index contributed by atoms with van der Waals surface area (Å²) < 4.78 is 5.08. The Kier molecular flexibility index (Phi) is 3.57. The van der Waals surface area contributed by atoms with E-state index in [-0.39, 0.29) is 17.8 Å². The predicted molar refractivity (Wildman–Crippen MR) is 63.9 cm³/mol. The molecule has 1 aromatic rings. The zero-order valence-electron chi connectivity index (χ0n) is 9.89. The molecule has 3 nitrogen and oxygen atoms in total. The molecule has 0 aliphatic heterocycles. The van der Waals surface area contributed by atoms with Gasteiger partial charge < -0.3 is 9.53 Å². The smallest absolute Gasteiger partial charge is 0.313 e. The minimum Gasteiger partial charge on any atom is -0.466 e. The Morgan fingerprint density at radius 1 is 1.35 bits per heavy atom. The summed E-state index contributed by atoms with van der Waals surface area (Å²) in [7, 11) is 0. The van der Waals surface area contributed by atoms with Gasteiger partial charge in [0.15, 0.2) is 0 Å². The average Bonchev–Trinajstić information content (AvgIpc) is 2.37. The van der Waals surface area contributed by atoms with Crippen molar-refractivity contribution in [2.24, 2.45) is 0 Å². The van der Waals surface area contributed by atoms with Crippen LogP contribution in [0.1, 0.15) is 42.7 Å². The third-order valence-electron chi connectivity index (χ3n) is 3.27. The molecule has 0 saturated carbocycles. The fraction of sp³-hybridized carbons (Fsp3) is 0.429. The lowest BCUT2D eigenvalue weighted by Crippen LogP contribution is -2.23. The van der Waals surface area contributed by atoms with Crippen molar-refractivity contribution in [1.82, 2.24) is 0 Å². The van der Waals surface area contributed by atoms with Crippen LogP contribution in [-0.2, 0) is 14.3 Å². The second-order valence-electron chi connectivity index (χ2n) is 4.25. The van der Waals surface area contributed by atoms with Gasteiger partial charge in [-0.3, -0.25) is 4.79 Å². The van der Waals surface area contributed by atoms with Crippen molar-refractivity contribution >= 4 is 12.3 Å². The summed E-state index contributed by atoms with van der Waals surface area (Å²) in [5.41, 5.74) is 1.93. The molecule has 0 radical (unpaired) electrons. The molecule has 2 atom stereocenters. The number of benzene rings is 1. The Balaban J connectivity index is 2.34. The summed E-state index contributed by atoms with van der Waals surface area (Å²) in [6.45, 7) is 2.20. The van der Waals surface area contributed by atoms with E-state index in [0.29, 0.717) is 13.0 Å². The number of ether oxygens (including phenoxy) is 1. The maximum Gasteiger partial charge on any atom is 0.313 e. The second kappa shape index (κ2) is 5.13. The molecule has 1 aromatic carbocycles. The van der Waals surface area contributed by atoms with Crippen LogP contribution in [0.4, 0.5) is 0 Å². The first-order valence-corrected chi connectivity index (χ1v) is 5.98. The molecule has 0 aromatic heterocycles. The second-order valence-corrected chi connectivity index (χ2v) is 4.25. The number of hydrogen-bond acceptors (Lipinski definition) is 3. The monoisotopic (exact) mass is 232 g/mol. The first kappa shape index (κ1) is 11.8. The summed E-state index contributed by atoms with van der Waals surface area (Å²) >= 11 is 0. The molecule has 0 bridgehead atoms. The average molecular weight is 232 g/mol. The van der Waals surface area contributed by atoms with E-state index in [2.05, 4.69) is 0 Å². The quantitative estimate of drug-likeness (QED) is 0.593. The Labute approximate surface area is 101 Å². The molecular weight excluding hydrogens is 216 g/mol. The maximum absolute atomic E-state index is 11.8. The van der Waals surface area contributed by atoms with Gasteiger partial charge in [-0.2, -0.15) is 0 Å². The first-order chi connectivity index (χ1) is 8.27. The van der Waals surface area contributed by atoms with Gasteiger partial charge in [0.25, 0.3) is 0 Å². The highest BCUT2D eigenvalue weighted by Gasteiger charge is 2.31. The normalized spacial score (nSPS) is 22.6.